The van der Waals surface area contributed by atoms with Crippen molar-refractivity contribution in [2.45, 2.75) is 40.2 Å². The van der Waals surface area contributed by atoms with Crippen LogP contribution in [-0.2, 0) is 0 Å². The topological polar surface area (TPSA) is 12.0 Å². The smallest absolute Gasteiger partial charge is 0.0360 e. The van der Waals surface area contributed by atoms with E-state index in [0.717, 1.165) is 6.42 Å². The van der Waals surface area contributed by atoms with Gasteiger partial charge < -0.3 is 5.32 Å². The van der Waals surface area contributed by atoms with E-state index in [1.807, 2.05) is 7.05 Å². The summed E-state index contributed by atoms with van der Waals surface area (Å²) in [6.45, 7) is 12.6. The molecule has 0 radical (unpaired) electrons. The first kappa shape index (κ1) is 13.0. The van der Waals surface area contributed by atoms with E-state index < -0.39 is 0 Å². The Morgan fingerprint density at radius 1 is 1.25 bits per heavy atom. The van der Waals surface area contributed by atoms with E-state index in [1.54, 1.807) is 0 Å². The fourth-order valence-corrected chi connectivity index (χ4v) is 2.44. The van der Waals surface area contributed by atoms with Crippen LogP contribution >= 0.6 is 0 Å². The van der Waals surface area contributed by atoms with Crippen LogP contribution in [0, 0.1) is 20.8 Å². The molecule has 1 aromatic rings. The fourth-order valence-electron chi connectivity index (χ4n) is 2.44. The predicted octanol–water partition coefficient (Wildman–Crippen LogP) is 3.84. The Labute approximate surface area is 99.6 Å². The van der Waals surface area contributed by atoms with Crippen molar-refractivity contribution >= 4 is 0 Å². The van der Waals surface area contributed by atoms with Gasteiger partial charge in [-0.2, -0.15) is 0 Å². The van der Waals surface area contributed by atoms with Crippen LogP contribution in [0.25, 0.3) is 0 Å². The third-order valence-electron chi connectivity index (χ3n) is 2.99. The average Bonchev–Trinajstić information content (AvgIpc) is 2.13. The molecule has 16 heavy (non-hydrogen) atoms. The number of hydrogen-bond donors (Lipinski definition) is 1. The molecule has 0 bridgehead atoms. The lowest BCUT2D eigenvalue weighted by Gasteiger charge is -2.22. The summed E-state index contributed by atoms with van der Waals surface area (Å²) in [6.07, 6.45) is 1.00. The van der Waals surface area contributed by atoms with Crippen molar-refractivity contribution in [1.82, 2.24) is 5.32 Å². The Morgan fingerprint density at radius 3 is 2.12 bits per heavy atom. The lowest BCUT2D eigenvalue weighted by atomic mass is 9.91. The Balaban J connectivity index is 3.14. The van der Waals surface area contributed by atoms with E-state index in [9.17, 15) is 0 Å². The van der Waals surface area contributed by atoms with Crippen LogP contribution < -0.4 is 5.32 Å². The maximum Gasteiger partial charge on any atom is 0.0360 e. The van der Waals surface area contributed by atoms with Crippen LogP contribution in [0.3, 0.4) is 0 Å². The highest BCUT2D eigenvalue weighted by molar-refractivity contribution is 5.40. The predicted molar refractivity (Wildman–Crippen MR) is 71.9 cm³/mol. The summed E-state index contributed by atoms with van der Waals surface area (Å²) < 4.78 is 0. The molecule has 0 heterocycles. The highest BCUT2D eigenvalue weighted by Crippen LogP contribution is 2.27. The minimum atomic E-state index is 0.387. The first-order chi connectivity index (χ1) is 7.45. The Kier molecular flexibility index (Phi) is 4.31. The van der Waals surface area contributed by atoms with Gasteiger partial charge in [-0.1, -0.05) is 23.3 Å². The van der Waals surface area contributed by atoms with Gasteiger partial charge in [0, 0.05) is 6.04 Å². The summed E-state index contributed by atoms with van der Waals surface area (Å²) >= 11 is 0. The molecule has 0 amide bonds. The van der Waals surface area contributed by atoms with Gasteiger partial charge in [-0.05, 0) is 57.9 Å². The maximum absolute atomic E-state index is 4.01. The van der Waals surface area contributed by atoms with Gasteiger partial charge in [-0.3, -0.25) is 0 Å². The number of aryl methyl sites for hydroxylation is 3. The van der Waals surface area contributed by atoms with Crippen LogP contribution in [0.4, 0.5) is 0 Å². The van der Waals surface area contributed by atoms with E-state index in [1.165, 1.54) is 27.8 Å². The van der Waals surface area contributed by atoms with Gasteiger partial charge in [-0.15, -0.1) is 6.58 Å². The molecule has 1 unspecified atom stereocenters. The normalized spacial score (nSPS) is 12.6. The zero-order valence-corrected chi connectivity index (χ0v) is 11.1. The minimum Gasteiger partial charge on any atom is -0.313 e. The molecule has 0 spiro atoms. The van der Waals surface area contributed by atoms with E-state index in [2.05, 4.69) is 51.7 Å². The van der Waals surface area contributed by atoms with Gasteiger partial charge in [0.15, 0.2) is 0 Å². The number of hydrogen-bond acceptors (Lipinski definition) is 1. The monoisotopic (exact) mass is 217 g/mol. The van der Waals surface area contributed by atoms with Gasteiger partial charge in [0.1, 0.15) is 0 Å². The Bertz CT molecular complexity index is 367. The summed E-state index contributed by atoms with van der Waals surface area (Å²) in [5, 5.41) is 3.39. The second kappa shape index (κ2) is 5.31. The summed E-state index contributed by atoms with van der Waals surface area (Å²) in [4.78, 5) is 0. The molecule has 1 aromatic carbocycles. The number of benzene rings is 1. The quantitative estimate of drug-likeness (QED) is 0.756. The van der Waals surface area contributed by atoms with Crippen LogP contribution in [0.1, 0.15) is 41.6 Å². The first-order valence-electron chi connectivity index (χ1n) is 5.85. The van der Waals surface area contributed by atoms with Crippen molar-refractivity contribution in [2.75, 3.05) is 7.05 Å². The summed E-state index contributed by atoms with van der Waals surface area (Å²) in [5.74, 6) is 0. The van der Waals surface area contributed by atoms with Crippen molar-refractivity contribution in [1.29, 1.82) is 0 Å². The standard InChI is InChI=1S/C15H23N/c1-10(2)7-14(16-6)15-12(4)8-11(3)9-13(15)5/h8-9,14,16H,1,7H2,2-6H3. The van der Waals surface area contributed by atoms with Crippen molar-refractivity contribution < 1.29 is 0 Å². The van der Waals surface area contributed by atoms with E-state index >= 15 is 0 Å². The molecular weight excluding hydrogens is 194 g/mol. The fraction of sp³-hybridized carbons (Fsp3) is 0.467. The SMILES string of the molecule is C=C(C)CC(NC)c1c(C)cc(C)cc1C. The molecule has 0 saturated carbocycles. The van der Waals surface area contributed by atoms with Gasteiger partial charge in [0.25, 0.3) is 0 Å². The first-order valence-corrected chi connectivity index (χ1v) is 5.85. The molecule has 1 atom stereocenters. The second-order valence-corrected chi connectivity index (χ2v) is 4.81. The maximum atomic E-state index is 4.01. The third-order valence-corrected chi connectivity index (χ3v) is 2.99. The molecule has 0 aliphatic rings. The molecular formula is C15H23N. The molecule has 1 heteroatoms. The van der Waals surface area contributed by atoms with Crippen molar-refractivity contribution in [3.8, 4) is 0 Å². The van der Waals surface area contributed by atoms with Crippen LogP contribution in [0.5, 0.6) is 0 Å². The molecule has 0 saturated heterocycles. The Hall–Kier alpha value is -1.08. The van der Waals surface area contributed by atoms with Crippen molar-refractivity contribution in [3.05, 3.63) is 46.5 Å². The third kappa shape index (κ3) is 2.96. The summed E-state index contributed by atoms with van der Waals surface area (Å²) in [5.41, 5.74) is 6.73. The molecule has 0 aliphatic heterocycles. The van der Waals surface area contributed by atoms with E-state index in [4.69, 9.17) is 0 Å². The Morgan fingerprint density at radius 2 is 1.75 bits per heavy atom. The largest absolute Gasteiger partial charge is 0.313 e. The zero-order valence-electron chi connectivity index (χ0n) is 11.1. The highest BCUT2D eigenvalue weighted by Gasteiger charge is 2.14. The second-order valence-electron chi connectivity index (χ2n) is 4.81. The molecule has 0 aliphatic carbocycles. The van der Waals surface area contributed by atoms with Crippen molar-refractivity contribution in [3.63, 3.8) is 0 Å². The van der Waals surface area contributed by atoms with Gasteiger partial charge in [0.2, 0.25) is 0 Å². The highest BCUT2D eigenvalue weighted by atomic mass is 14.9. The van der Waals surface area contributed by atoms with E-state index in [0.29, 0.717) is 6.04 Å². The molecule has 1 rings (SSSR count). The summed E-state index contributed by atoms with van der Waals surface area (Å²) in [6, 6.07) is 4.90. The minimum absolute atomic E-state index is 0.387. The lowest BCUT2D eigenvalue weighted by molar-refractivity contribution is 0.583. The van der Waals surface area contributed by atoms with Crippen LogP contribution in [-0.4, -0.2) is 7.05 Å². The number of nitrogens with one attached hydrogen (secondary N) is 1. The lowest BCUT2D eigenvalue weighted by Crippen LogP contribution is -2.19. The average molecular weight is 217 g/mol. The number of rotatable bonds is 4. The molecule has 1 nitrogen and oxygen atoms in total. The summed E-state index contributed by atoms with van der Waals surface area (Å²) in [7, 11) is 2.02. The van der Waals surface area contributed by atoms with Crippen LogP contribution in [0.15, 0.2) is 24.3 Å². The molecule has 1 N–H and O–H groups in total. The van der Waals surface area contributed by atoms with Crippen LogP contribution in [0.2, 0.25) is 0 Å². The van der Waals surface area contributed by atoms with Gasteiger partial charge in [-0.25, -0.2) is 0 Å². The van der Waals surface area contributed by atoms with Gasteiger partial charge >= 0.3 is 0 Å². The van der Waals surface area contributed by atoms with Gasteiger partial charge in [0.05, 0.1) is 0 Å². The zero-order chi connectivity index (χ0) is 12.3. The van der Waals surface area contributed by atoms with Crippen molar-refractivity contribution in [2.24, 2.45) is 0 Å². The molecule has 0 fully saturated rings. The van der Waals surface area contributed by atoms with E-state index in [-0.39, 0.29) is 0 Å². The molecule has 88 valence electrons. The molecule has 0 aromatic heterocycles.